The molecule has 1 aliphatic rings. The van der Waals surface area contributed by atoms with E-state index in [4.69, 9.17) is 0 Å². The highest BCUT2D eigenvalue weighted by Crippen LogP contribution is 2.34. The van der Waals surface area contributed by atoms with Crippen molar-refractivity contribution in [3.63, 3.8) is 0 Å². The molecule has 0 aliphatic heterocycles. The number of para-hydroxylation sites is 1. The van der Waals surface area contributed by atoms with Crippen molar-refractivity contribution in [3.05, 3.63) is 78.4 Å². The van der Waals surface area contributed by atoms with E-state index in [1.807, 2.05) is 6.07 Å². The average molecular weight is 447 g/mol. The number of aliphatic carboxylic acids is 1. The lowest BCUT2D eigenvalue weighted by Crippen LogP contribution is -2.25. The molecule has 7 nitrogen and oxygen atoms in total. The van der Waals surface area contributed by atoms with Crippen LogP contribution in [0.15, 0.2) is 66.9 Å². The molecule has 1 fully saturated rings. The number of aromatic nitrogens is 1. The van der Waals surface area contributed by atoms with E-state index in [9.17, 15) is 23.9 Å². The number of Topliss-reactive ketones (excluding diaryl/α,β-unsaturated/α-hetero) is 1. The van der Waals surface area contributed by atoms with E-state index in [-0.39, 0.29) is 17.2 Å². The number of hydrogen-bond donors (Lipinski definition) is 3. The number of carboxylic acids is 1. The molecule has 0 bridgehead atoms. The van der Waals surface area contributed by atoms with Crippen LogP contribution in [0, 0.1) is 17.7 Å². The van der Waals surface area contributed by atoms with Crippen LogP contribution in [0.2, 0.25) is 0 Å². The van der Waals surface area contributed by atoms with Crippen LogP contribution in [0.25, 0.3) is 11.1 Å². The van der Waals surface area contributed by atoms with Gasteiger partial charge in [-0.3, -0.25) is 14.6 Å². The summed E-state index contributed by atoms with van der Waals surface area (Å²) >= 11 is 0. The minimum Gasteiger partial charge on any atom is -0.481 e. The third-order valence-electron chi connectivity index (χ3n) is 5.77. The van der Waals surface area contributed by atoms with Crippen molar-refractivity contribution in [2.45, 2.75) is 19.3 Å². The standard InChI is InChI=1S/C25H22FN3O4/c26-20-13-15(9-11-21(20)29-25(33)28-17-5-2-1-3-6-17)16-10-12-22(27-14-16)23(30)18-7-4-8-19(18)24(31)32/h1-3,5-6,9-14,18-19H,4,7-8H2,(H,31,32)(H2,28,29,33). The number of hydrogen-bond acceptors (Lipinski definition) is 4. The summed E-state index contributed by atoms with van der Waals surface area (Å²) in [5.41, 5.74) is 1.92. The van der Waals surface area contributed by atoms with Crippen molar-refractivity contribution < 1.29 is 23.9 Å². The van der Waals surface area contributed by atoms with E-state index in [2.05, 4.69) is 15.6 Å². The number of ketones is 1. The number of pyridine rings is 1. The Bertz CT molecular complexity index is 1180. The van der Waals surface area contributed by atoms with Gasteiger partial charge in [0.15, 0.2) is 5.78 Å². The van der Waals surface area contributed by atoms with Gasteiger partial charge >= 0.3 is 12.0 Å². The summed E-state index contributed by atoms with van der Waals surface area (Å²) in [5.74, 6) is -3.09. The number of carbonyl (C=O) groups is 3. The number of urea groups is 1. The normalized spacial score (nSPS) is 17.4. The summed E-state index contributed by atoms with van der Waals surface area (Å²) in [4.78, 5) is 40.4. The molecule has 3 N–H and O–H groups in total. The third-order valence-corrected chi connectivity index (χ3v) is 5.77. The topological polar surface area (TPSA) is 108 Å². The molecule has 33 heavy (non-hydrogen) atoms. The van der Waals surface area contributed by atoms with Crippen molar-refractivity contribution in [1.82, 2.24) is 4.98 Å². The average Bonchev–Trinajstić information content (AvgIpc) is 3.31. The zero-order chi connectivity index (χ0) is 23.4. The number of amides is 2. The van der Waals surface area contributed by atoms with Crippen LogP contribution in [-0.2, 0) is 4.79 Å². The Balaban J connectivity index is 1.44. The highest BCUT2D eigenvalue weighted by Gasteiger charge is 2.38. The maximum atomic E-state index is 14.6. The van der Waals surface area contributed by atoms with Gasteiger partial charge in [-0.15, -0.1) is 0 Å². The second kappa shape index (κ2) is 9.60. The van der Waals surface area contributed by atoms with Gasteiger partial charge in [0.25, 0.3) is 0 Å². The molecule has 0 radical (unpaired) electrons. The molecule has 4 rings (SSSR count). The second-order valence-corrected chi connectivity index (χ2v) is 7.92. The van der Waals surface area contributed by atoms with Crippen LogP contribution in [-0.4, -0.2) is 27.9 Å². The van der Waals surface area contributed by atoms with Gasteiger partial charge in [0.2, 0.25) is 0 Å². The lowest BCUT2D eigenvalue weighted by Gasteiger charge is -2.14. The second-order valence-electron chi connectivity index (χ2n) is 7.92. The molecular weight excluding hydrogens is 425 g/mol. The summed E-state index contributed by atoms with van der Waals surface area (Å²) in [6.45, 7) is 0. The van der Waals surface area contributed by atoms with Gasteiger partial charge in [-0.2, -0.15) is 0 Å². The zero-order valence-electron chi connectivity index (χ0n) is 17.6. The van der Waals surface area contributed by atoms with Gasteiger partial charge < -0.3 is 15.7 Å². The van der Waals surface area contributed by atoms with Gasteiger partial charge in [0.1, 0.15) is 11.5 Å². The first kappa shape index (κ1) is 22.1. The van der Waals surface area contributed by atoms with Crippen molar-refractivity contribution in [1.29, 1.82) is 0 Å². The molecule has 2 unspecified atom stereocenters. The molecule has 2 aromatic carbocycles. The fourth-order valence-corrected chi connectivity index (χ4v) is 4.07. The number of benzene rings is 2. The molecular formula is C25H22FN3O4. The number of nitrogens with zero attached hydrogens (tertiary/aromatic N) is 1. The predicted molar refractivity (Wildman–Crippen MR) is 122 cm³/mol. The van der Waals surface area contributed by atoms with Gasteiger partial charge in [0, 0.05) is 23.4 Å². The SMILES string of the molecule is O=C(Nc1ccccc1)Nc1ccc(-c2ccc(C(=O)C3CCCC3C(=O)O)nc2)cc1F. The van der Waals surface area contributed by atoms with Crippen molar-refractivity contribution in [3.8, 4) is 11.1 Å². The van der Waals surface area contributed by atoms with E-state index < -0.39 is 29.7 Å². The number of anilines is 2. The van der Waals surface area contributed by atoms with Gasteiger partial charge in [-0.25, -0.2) is 9.18 Å². The Hall–Kier alpha value is -4.07. The summed E-state index contributed by atoms with van der Waals surface area (Å²) in [5, 5.41) is 14.4. The molecule has 1 saturated carbocycles. The monoisotopic (exact) mass is 447 g/mol. The molecule has 1 aromatic heterocycles. The van der Waals surface area contributed by atoms with Crippen LogP contribution in [0.3, 0.4) is 0 Å². The Labute approximate surface area is 189 Å². The molecule has 3 aromatic rings. The lowest BCUT2D eigenvalue weighted by molar-refractivity contribution is -0.142. The molecule has 2 atom stereocenters. The van der Waals surface area contributed by atoms with Crippen LogP contribution >= 0.6 is 0 Å². The first-order valence-electron chi connectivity index (χ1n) is 10.6. The molecule has 0 saturated heterocycles. The number of carbonyl (C=O) groups excluding carboxylic acids is 2. The molecule has 0 spiro atoms. The quantitative estimate of drug-likeness (QED) is 0.449. The predicted octanol–water partition coefficient (Wildman–Crippen LogP) is 5.22. The van der Waals surface area contributed by atoms with Crippen LogP contribution in [0.4, 0.5) is 20.6 Å². The van der Waals surface area contributed by atoms with E-state index in [0.717, 1.165) is 0 Å². The summed E-state index contributed by atoms with van der Waals surface area (Å²) in [7, 11) is 0. The fraction of sp³-hybridized carbons (Fsp3) is 0.200. The molecule has 1 aliphatic carbocycles. The van der Waals surface area contributed by atoms with Gasteiger partial charge in [-0.05, 0) is 48.7 Å². The Morgan fingerprint density at radius 3 is 2.30 bits per heavy atom. The van der Waals surface area contributed by atoms with E-state index in [1.54, 1.807) is 36.4 Å². The summed E-state index contributed by atoms with van der Waals surface area (Å²) in [6.07, 6.45) is 3.19. The minimum absolute atomic E-state index is 0.0212. The van der Waals surface area contributed by atoms with E-state index >= 15 is 0 Å². The summed E-state index contributed by atoms with van der Waals surface area (Å²) < 4.78 is 14.6. The molecule has 8 heteroatoms. The first-order chi connectivity index (χ1) is 15.9. The smallest absolute Gasteiger partial charge is 0.323 e. The number of halogens is 1. The largest absolute Gasteiger partial charge is 0.481 e. The Morgan fingerprint density at radius 2 is 1.64 bits per heavy atom. The minimum atomic E-state index is -0.955. The van der Waals surface area contributed by atoms with Crippen LogP contribution in [0.1, 0.15) is 29.8 Å². The lowest BCUT2D eigenvalue weighted by atomic mass is 9.90. The van der Waals surface area contributed by atoms with Crippen molar-refractivity contribution in [2.75, 3.05) is 10.6 Å². The van der Waals surface area contributed by atoms with E-state index in [0.29, 0.717) is 36.1 Å². The van der Waals surface area contributed by atoms with Crippen LogP contribution in [0.5, 0.6) is 0 Å². The molecule has 1 heterocycles. The summed E-state index contributed by atoms with van der Waals surface area (Å²) in [6, 6.07) is 15.8. The first-order valence-corrected chi connectivity index (χ1v) is 10.6. The maximum absolute atomic E-state index is 14.6. The molecule has 2 amide bonds. The highest BCUT2D eigenvalue weighted by molar-refractivity contribution is 6.00. The Morgan fingerprint density at radius 1 is 0.909 bits per heavy atom. The Kier molecular flexibility index (Phi) is 6.44. The third kappa shape index (κ3) is 5.06. The van der Waals surface area contributed by atoms with Crippen molar-refractivity contribution >= 4 is 29.2 Å². The van der Waals surface area contributed by atoms with E-state index in [1.165, 1.54) is 24.4 Å². The maximum Gasteiger partial charge on any atom is 0.323 e. The number of rotatable bonds is 6. The van der Waals surface area contributed by atoms with Gasteiger partial charge in [-0.1, -0.05) is 36.8 Å². The number of carboxylic acid groups (broad SMARTS) is 1. The zero-order valence-corrected chi connectivity index (χ0v) is 17.6. The van der Waals surface area contributed by atoms with Crippen LogP contribution < -0.4 is 10.6 Å². The highest BCUT2D eigenvalue weighted by atomic mass is 19.1. The van der Waals surface area contributed by atoms with Crippen molar-refractivity contribution in [2.24, 2.45) is 11.8 Å². The fourth-order valence-electron chi connectivity index (χ4n) is 4.07. The molecule has 168 valence electrons. The number of nitrogens with one attached hydrogen (secondary N) is 2. The van der Waals surface area contributed by atoms with Gasteiger partial charge in [0.05, 0.1) is 11.6 Å².